The number of piperidine rings is 1. The van der Waals surface area contributed by atoms with Crippen molar-refractivity contribution in [3.63, 3.8) is 0 Å². The number of hydrogen-bond donors (Lipinski definition) is 2. The van der Waals surface area contributed by atoms with E-state index in [9.17, 15) is 13.5 Å². The van der Waals surface area contributed by atoms with Gasteiger partial charge in [0.25, 0.3) is 0 Å². The minimum absolute atomic E-state index is 0.0433. The van der Waals surface area contributed by atoms with Gasteiger partial charge in [0, 0.05) is 28.1 Å². The number of hydrogen-bond acceptors (Lipinski definition) is 4. The highest BCUT2D eigenvalue weighted by molar-refractivity contribution is 7.88. The van der Waals surface area contributed by atoms with Gasteiger partial charge >= 0.3 is 0 Å². The number of benzene rings is 1. The largest absolute Gasteiger partial charge is 0.388 e. The molecule has 2 bridgehead atoms. The van der Waals surface area contributed by atoms with Crippen molar-refractivity contribution < 1.29 is 13.5 Å². The Hall–Kier alpha value is -1.15. The zero-order valence-electron chi connectivity index (χ0n) is 15.8. The standard InChI is InChI=1S/C19H26ClN3O3S/c1-19(2,12-7-14-4-5-15(8-12)23(14)27(3,25)26)18(24)16-9-13(20)6-11-10-21-22-17(11)16/h6,9-10,12,14-15,18,24H,4-5,7-8H2,1-3H3,(H,21,22)/t12-,14+,15-,18?. The second kappa shape index (κ2) is 6.44. The maximum atomic E-state index is 12.2. The summed E-state index contributed by atoms with van der Waals surface area (Å²) in [6.07, 6.45) is 5.65. The van der Waals surface area contributed by atoms with Crippen LogP contribution in [0.3, 0.4) is 0 Å². The van der Waals surface area contributed by atoms with E-state index in [1.165, 1.54) is 6.26 Å². The van der Waals surface area contributed by atoms with Crippen LogP contribution in [-0.2, 0) is 10.0 Å². The summed E-state index contributed by atoms with van der Waals surface area (Å²) in [6.45, 7) is 4.14. The van der Waals surface area contributed by atoms with Crippen LogP contribution in [0.1, 0.15) is 51.2 Å². The molecule has 1 aromatic carbocycles. The van der Waals surface area contributed by atoms with E-state index in [-0.39, 0.29) is 18.0 Å². The Morgan fingerprint density at radius 1 is 1.30 bits per heavy atom. The zero-order valence-corrected chi connectivity index (χ0v) is 17.4. The highest BCUT2D eigenvalue weighted by Crippen LogP contribution is 2.51. The summed E-state index contributed by atoms with van der Waals surface area (Å²) in [5, 5.41) is 19.8. The third-order valence-corrected chi connectivity index (χ3v) is 8.23. The predicted octanol–water partition coefficient (Wildman–Crippen LogP) is 3.48. The van der Waals surface area contributed by atoms with Crippen LogP contribution in [0.2, 0.25) is 5.02 Å². The van der Waals surface area contributed by atoms with Gasteiger partial charge in [-0.25, -0.2) is 8.42 Å². The molecule has 0 saturated carbocycles. The van der Waals surface area contributed by atoms with Crippen LogP contribution >= 0.6 is 11.6 Å². The smallest absolute Gasteiger partial charge is 0.211 e. The van der Waals surface area contributed by atoms with Gasteiger partial charge in [-0.1, -0.05) is 25.4 Å². The molecule has 0 spiro atoms. The number of nitrogens with zero attached hydrogens (tertiary/aromatic N) is 2. The fourth-order valence-corrected chi connectivity index (χ4v) is 6.87. The van der Waals surface area contributed by atoms with Gasteiger partial charge in [0.2, 0.25) is 10.0 Å². The Morgan fingerprint density at radius 3 is 2.52 bits per heavy atom. The van der Waals surface area contributed by atoms with Crippen LogP contribution in [0.4, 0.5) is 0 Å². The van der Waals surface area contributed by atoms with Crippen molar-refractivity contribution in [1.82, 2.24) is 14.5 Å². The number of nitrogens with one attached hydrogen (secondary N) is 1. The molecule has 0 aliphatic carbocycles. The molecule has 1 aromatic heterocycles. The molecule has 1 unspecified atom stereocenters. The minimum Gasteiger partial charge on any atom is -0.388 e. The monoisotopic (exact) mass is 411 g/mol. The summed E-state index contributed by atoms with van der Waals surface area (Å²) >= 11 is 6.26. The van der Waals surface area contributed by atoms with Crippen LogP contribution in [0.25, 0.3) is 10.9 Å². The lowest BCUT2D eigenvalue weighted by molar-refractivity contribution is -0.0221. The van der Waals surface area contributed by atoms with E-state index in [4.69, 9.17) is 11.6 Å². The third kappa shape index (κ3) is 3.18. The van der Waals surface area contributed by atoms with Crippen LogP contribution in [-0.4, -0.2) is 46.4 Å². The first-order valence-corrected chi connectivity index (χ1v) is 11.6. The molecule has 2 aliphatic rings. The number of fused-ring (bicyclic) bond motifs is 3. The van der Waals surface area contributed by atoms with Crippen molar-refractivity contribution in [2.45, 2.75) is 57.7 Å². The number of aliphatic hydroxyl groups excluding tert-OH is 1. The second-order valence-corrected chi connectivity index (χ2v) is 11.0. The molecule has 27 heavy (non-hydrogen) atoms. The number of aromatic nitrogens is 2. The topological polar surface area (TPSA) is 86.3 Å². The zero-order chi connectivity index (χ0) is 19.6. The average molecular weight is 412 g/mol. The van der Waals surface area contributed by atoms with Crippen molar-refractivity contribution in [3.05, 3.63) is 28.9 Å². The molecule has 2 fully saturated rings. The Bertz CT molecular complexity index is 958. The number of rotatable bonds is 4. The highest BCUT2D eigenvalue weighted by Gasteiger charge is 2.50. The SMILES string of the molecule is CC(C)(C(O)c1cc(Cl)cc2cn[nH]c12)[C@H]1C[C@H]2CC[C@@H](C1)N2S(C)(=O)=O. The van der Waals surface area contributed by atoms with Crippen molar-refractivity contribution in [2.24, 2.45) is 11.3 Å². The molecule has 4 atom stereocenters. The minimum atomic E-state index is -3.19. The van der Waals surface area contributed by atoms with Crippen LogP contribution in [0, 0.1) is 11.3 Å². The second-order valence-electron chi connectivity index (χ2n) is 8.70. The Labute approximate surface area is 164 Å². The fourth-order valence-electron chi connectivity index (χ4n) is 5.17. The van der Waals surface area contributed by atoms with Crippen molar-refractivity contribution in [2.75, 3.05) is 6.26 Å². The van der Waals surface area contributed by atoms with Gasteiger partial charge in [0.1, 0.15) is 0 Å². The highest BCUT2D eigenvalue weighted by atomic mass is 35.5. The summed E-state index contributed by atoms with van der Waals surface area (Å²) in [7, 11) is -3.19. The van der Waals surface area contributed by atoms with E-state index in [0.29, 0.717) is 5.02 Å². The van der Waals surface area contributed by atoms with E-state index in [0.717, 1.165) is 42.1 Å². The summed E-state index contributed by atoms with van der Waals surface area (Å²) < 4.78 is 26.0. The van der Waals surface area contributed by atoms with Gasteiger partial charge < -0.3 is 5.11 Å². The molecule has 2 aliphatic heterocycles. The first kappa shape index (κ1) is 19.2. The van der Waals surface area contributed by atoms with Gasteiger partial charge in [-0.3, -0.25) is 5.10 Å². The third-order valence-electron chi connectivity index (χ3n) is 6.64. The van der Waals surface area contributed by atoms with Crippen LogP contribution in [0.5, 0.6) is 0 Å². The average Bonchev–Trinajstić information content (AvgIpc) is 3.15. The van der Waals surface area contributed by atoms with Gasteiger partial charge in [-0.2, -0.15) is 9.40 Å². The molecule has 2 saturated heterocycles. The molecular formula is C19H26ClN3O3S. The molecule has 3 heterocycles. The summed E-state index contributed by atoms with van der Waals surface area (Å²) in [4.78, 5) is 0. The molecule has 2 N–H and O–H groups in total. The lowest BCUT2D eigenvalue weighted by Crippen LogP contribution is -2.49. The quantitative estimate of drug-likeness (QED) is 0.806. The Morgan fingerprint density at radius 2 is 1.93 bits per heavy atom. The van der Waals surface area contributed by atoms with E-state index in [2.05, 4.69) is 24.0 Å². The van der Waals surface area contributed by atoms with Crippen molar-refractivity contribution >= 4 is 32.5 Å². The number of halogens is 1. The number of H-pyrrole nitrogens is 1. The molecule has 0 radical (unpaired) electrons. The van der Waals surface area contributed by atoms with Crippen molar-refractivity contribution in [1.29, 1.82) is 0 Å². The molecule has 6 nitrogen and oxygen atoms in total. The normalized spacial score (nSPS) is 28.0. The maximum absolute atomic E-state index is 12.2. The Balaban J connectivity index is 1.65. The summed E-state index contributed by atoms with van der Waals surface area (Å²) in [5.41, 5.74) is 1.13. The molecule has 4 rings (SSSR count). The van der Waals surface area contributed by atoms with Crippen LogP contribution in [0.15, 0.2) is 18.3 Å². The lowest BCUT2D eigenvalue weighted by Gasteiger charge is -2.46. The first-order chi connectivity index (χ1) is 12.6. The number of aliphatic hydroxyl groups is 1. The number of sulfonamides is 1. The molecule has 8 heteroatoms. The van der Waals surface area contributed by atoms with Gasteiger partial charge in [0.05, 0.1) is 24.1 Å². The predicted molar refractivity (Wildman–Crippen MR) is 106 cm³/mol. The van der Waals surface area contributed by atoms with E-state index >= 15 is 0 Å². The maximum Gasteiger partial charge on any atom is 0.211 e. The van der Waals surface area contributed by atoms with E-state index < -0.39 is 21.5 Å². The number of aromatic amines is 1. The molecular weight excluding hydrogens is 386 g/mol. The van der Waals surface area contributed by atoms with E-state index in [1.807, 2.05) is 6.07 Å². The Kier molecular flexibility index (Phi) is 4.57. The molecule has 0 amide bonds. The van der Waals surface area contributed by atoms with Crippen LogP contribution < -0.4 is 0 Å². The first-order valence-electron chi connectivity index (χ1n) is 9.38. The lowest BCUT2D eigenvalue weighted by atomic mass is 9.67. The summed E-state index contributed by atoms with van der Waals surface area (Å²) in [5.74, 6) is 0.222. The van der Waals surface area contributed by atoms with E-state index in [1.54, 1.807) is 16.6 Å². The fraction of sp³-hybridized carbons (Fsp3) is 0.632. The molecule has 148 valence electrons. The molecule has 2 aromatic rings. The van der Waals surface area contributed by atoms with Crippen molar-refractivity contribution in [3.8, 4) is 0 Å². The van der Waals surface area contributed by atoms with Gasteiger partial charge in [-0.15, -0.1) is 0 Å². The van der Waals surface area contributed by atoms with Gasteiger partial charge in [0.15, 0.2) is 0 Å². The summed E-state index contributed by atoms with van der Waals surface area (Å²) in [6, 6.07) is 3.71. The van der Waals surface area contributed by atoms with Gasteiger partial charge in [-0.05, 0) is 49.1 Å².